The monoisotopic (exact) mass is 300 g/mol. The lowest BCUT2D eigenvalue weighted by atomic mass is 9.94. The Bertz CT molecular complexity index is 465. The molecule has 1 heterocycles. The van der Waals surface area contributed by atoms with Crippen LogP contribution in [-0.2, 0) is 11.2 Å². The molecule has 1 aliphatic carbocycles. The molecule has 1 atom stereocenters. The highest BCUT2D eigenvalue weighted by atomic mass is 35.5. The third-order valence-corrected chi connectivity index (χ3v) is 4.45. The maximum absolute atomic E-state index is 11.8. The van der Waals surface area contributed by atoms with Crippen LogP contribution in [0.3, 0.4) is 0 Å². The molecular weight excluding hydrogens is 280 g/mol. The number of hydrogen-bond acceptors (Lipinski definition) is 3. The van der Waals surface area contributed by atoms with Gasteiger partial charge in [0.25, 0.3) is 0 Å². The van der Waals surface area contributed by atoms with Gasteiger partial charge in [-0.3, -0.25) is 4.79 Å². The van der Waals surface area contributed by atoms with E-state index in [-0.39, 0.29) is 17.5 Å². The zero-order valence-corrected chi connectivity index (χ0v) is 13.3. The Kier molecular flexibility index (Phi) is 4.54. The van der Waals surface area contributed by atoms with Gasteiger partial charge in [0.1, 0.15) is 0 Å². The van der Waals surface area contributed by atoms with Gasteiger partial charge in [-0.05, 0) is 51.7 Å². The second-order valence-electron chi connectivity index (χ2n) is 6.05. The molecule has 0 aliphatic heterocycles. The molecule has 1 amide bonds. The molecule has 3 nitrogen and oxygen atoms in total. The molecule has 0 bridgehead atoms. The highest BCUT2D eigenvalue weighted by molar-refractivity contribution is 7.16. The van der Waals surface area contributed by atoms with E-state index in [9.17, 15) is 4.79 Å². The van der Waals surface area contributed by atoms with Crippen molar-refractivity contribution in [2.24, 2.45) is 0 Å². The van der Waals surface area contributed by atoms with Crippen molar-refractivity contribution in [3.05, 3.63) is 20.8 Å². The first-order chi connectivity index (χ1) is 8.85. The minimum absolute atomic E-state index is 0.0425. The van der Waals surface area contributed by atoms with Gasteiger partial charge in [-0.2, -0.15) is 0 Å². The number of halogens is 1. The zero-order valence-electron chi connectivity index (χ0n) is 11.7. The molecule has 19 heavy (non-hydrogen) atoms. The minimum Gasteiger partial charge on any atom is -0.350 e. The fourth-order valence-corrected chi connectivity index (χ4v) is 3.80. The van der Waals surface area contributed by atoms with Crippen LogP contribution in [0.4, 0.5) is 0 Å². The molecule has 1 aliphatic rings. The van der Waals surface area contributed by atoms with Crippen molar-refractivity contribution in [3.8, 4) is 0 Å². The quantitative estimate of drug-likeness (QED) is 0.899. The van der Waals surface area contributed by atoms with E-state index in [1.165, 1.54) is 10.4 Å². The SMILES string of the molecule is CC(C)(C)NC(=O)CNC1CCCc2sc(Cl)cc21. The average Bonchev–Trinajstić information content (AvgIpc) is 2.64. The van der Waals surface area contributed by atoms with Gasteiger partial charge in [-0.15, -0.1) is 11.3 Å². The van der Waals surface area contributed by atoms with Crippen LogP contribution >= 0.6 is 22.9 Å². The summed E-state index contributed by atoms with van der Waals surface area (Å²) in [6.45, 7) is 6.32. The maximum atomic E-state index is 11.8. The molecule has 0 saturated heterocycles. The number of thiophene rings is 1. The normalized spacial score (nSPS) is 19.1. The van der Waals surface area contributed by atoms with Gasteiger partial charge in [0.2, 0.25) is 5.91 Å². The summed E-state index contributed by atoms with van der Waals surface area (Å²) in [6.07, 6.45) is 3.34. The summed E-state index contributed by atoms with van der Waals surface area (Å²) < 4.78 is 0.845. The van der Waals surface area contributed by atoms with Crippen LogP contribution in [0.5, 0.6) is 0 Å². The Hall–Kier alpha value is -0.580. The van der Waals surface area contributed by atoms with Crippen molar-refractivity contribution in [3.63, 3.8) is 0 Å². The fraction of sp³-hybridized carbons (Fsp3) is 0.643. The number of carbonyl (C=O) groups excluding carboxylic acids is 1. The molecular formula is C14H21ClN2OS. The van der Waals surface area contributed by atoms with Crippen LogP contribution in [0.25, 0.3) is 0 Å². The summed E-state index contributed by atoms with van der Waals surface area (Å²) in [5.41, 5.74) is 1.10. The summed E-state index contributed by atoms with van der Waals surface area (Å²) in [7, 11) is 0. The Morgan fingerprint density at radius 1 is 1.53 bits per heavy atom. The van der Waals surface area contributed by atoms with E-state index < -0.39 is 0 Å². The van der Waals surface area contributed by atoms with Crippen LogP contribution in [0.1, 0.15) is 50.1 Å². The molecule has 0 saturated carbocycles. The number of amides is 1. The van der Waals surface area contributed by atoms with Crippen molar-refractivity contribution in [1.82, 2.24) is 10.6 Å². The first kappa shape index (κ1) is 14.8. The van der Waals surface area contributed by atoms with Gasteiger partial charge in [0, 0.05) is 16.5 Å². The van der Waals surface area contributed by atoms with Gasteiger partial charge < -0.3 is 10.6 Å². The molecule has 0 fully saturated rings. The summed E-state index contributed by atoms with van der Waals surface area (Å²) in [4.78, 5) is 13.2. The van der Waals surface area contributed by atoms with Crippen molar-refractivity contribution < 1.29 is 4.79 Å². The van der Waals surface area contributed by atoms with Crippen LogP contribution in [0.15, 0.2) is 6.07 Å². The van der Waals surface area contributed by atoms with Crippen molar-refractivity contribution in [1.29, 1.82) is 0 Å². The largest absolute Gasteiger partial charge is 0.350 e. The van der Waals surface area contributed by atoms with Crippen molar-refractivity contribution >= 4 is 28.8 Å². The number of fused-ring (bicyclic) bond motifs is 1. The van der Waals surface area contributed by atoms with Crippen LogP contribution in [-0.4, -0.2) is 18.0 Å². The van der Waals surface area contributed by atoms with Crippen LogP contribution < -0.4 is 10.6 Å². The van der Waals surface area contributed by atoms with E-state index >= 15 is 0 Å². The van der Waals surface area contributed by atoms with E-state index in [0.29, 0.717) is 6.54 Å². The van der Waals surface area contributed by atoms with E-state index in [1.807, 2.05) is 26.8 Å². The number of nitrogens with one attached hydrogen (secondary N) is 2. The topological polar surface area (TPSA) is 41.1 Å². The highest BCUT2D eigenvalue weighted by Crippen LogP contribution is 2.37. The molecule has 2 N–H and O–H groups in total. The molecule has 2 rings (SSSR count). The number of aryl methyl sites for hydroxylation is 1. The second-order valence-corrected chi connectivity index (χ2v) is 7.82. The van der Waals surface area contributed by atoms with Crippen LogP contribution in [0, 0.1) is 0 Å². The van der Waals surface area contributed by atoms with Crippen molar-refractivity contribution in [2.45, 2.75) is 51.6 Å². The lowest BCUT2D eigenvalue weighted by molar-refractivity contribution is -0.121. The molecule has 0 radical (unpaired) electrons. The maximum Gasteiger partial charge on any atom is 0.234 e. The van der Waals surface area contributed by atoms with Crippen LogP contribution in [0.2, 0.25) is 4.34 Å². The Morgan fingerprint density at radius 2 is 2.26 bits per heavy atom. The summed E-state index contributed by atoms with van der Waals surface area (Å²) in [5.74, 6) is 0.0425. The lowest BCUT2D eigenvalue weighted by Crippen LogP contribution is -2.45. The van der Waals surface area contributed by atoms with Gasteiger partial charge in [0.15, 0.2) is 0 Å². The molecule has 1 aromatic rings. The Labute approximate surface area is 123 Å². The van der Waals surface area contributed by atoms with Crippen molar-refractivity contribution in [2.75, 3.05) is 6.54 Å². The van der Waals surface area contributed by atoms with Gasteiger partial charge in [-0.1, -0.05) is 11.6 Å². The fourth-order valence-electron chi connectivity index (χ4n) is 2.41. The number of carbonyl (C=O) groups is 1. The molecule has 0 aromatic carbocycles. The predicted molar refractivity (Wildman–Crippen MR) is 80.9 cm³/mol. The highest BCUT2D eigenvalue weighted by Gasteiger charge is 2.23. The number of hydrogen-bond donors (Lipinski definition) is 2. The van der Waals surface area contributed by atoms with E-state index in [1.54, 1.807) is 11.3 Å². The first-order valence-corrected chi connectivity index (χ1v) is 7.87. The van der Waals surface area contributed by atoms with Gasteiger partial charge in [0.05, 0.1) is 10.9 Å². The minimum atomic E-state index is -0.178. The second kappa shape index (κ2) is 5.81. The molecule has 5 heteroatoms. The molecule has 0 spiro atoms. The summed E-state index contributed by atoms with van der Waals surface area (Å²) >= 11 is 7.74. The summed E-state index contributed by atoms with van der Waals surface area (Å²) in [6, 6.07) is 2.30. The molecule has 1 aromatic heterocycles. The summed E-state index contributed by atoms with van der Waals surface area (Å²) in [5, 5.41) is 6.31. The van der Waals surface area contributed by atoms with Gasteiger partial charge >= 0.3 is 0 Å². The Morgan fingerprint density at radius 3 is 2.95 bits per heavy atom. The zero-order chi connectivity index (χ0) is 14.0. The van der Waals surface area contributed by atoms with E-state index in [4.69, 9.17) is 11.6 Å². The third kappa shape index (κ3) is 4.20. The number of rotatable bonds is 3. The molecule has 1 unspecified atom stereocenters. The third-order valence-electron chi connectivity index (χ3n) is 3.11. The smallest absolute Gasteiger partial charge is 0.234 e. The standard InChI is InChI=1S/C14H21ClN2OS/c1-14(2,3)17-13(18)8-16-10-5-4-6-11-9(10)7-12(15)19-11/h7,10,16H,4-6,8H2,1-3H3,(H,17,18). The van der Waals surface area contributed by atoms with E-state index in [0.717, 1.165) is 23.6 Å². The molecule has 106 valence electrons. The van der Waals surface area contributed by atoms with Gasteiger partial charge in [-0.25, -0.2) is 0 Å². The van der Waals surface area contributed by atoms with E-state index in [2.05, 4.69) is 10.6 Å². The average molecular weight is 301 g/mol. The lowest BCUT2D eigenvalue weighted by Gasteiger charge is -2.25. The Balaban J connectivity index is 1.92. The predicted octanol–water partition coefficient (Wildman–Crippen LogP) is 3.28. The first-order valence-electron chi connectivity index (χ1n) is 6.67.